The van der Waals surface area contributed by atoms with Crippen LogP contribution in [0.25, 0.3) is 11.0 Å². The van der Waals surface area contributed by atoms with E-state index in [-0.39, 0.29) is 11.5 Å². The van der Waals surface area contributed by atoms with Crippen LogP contribution in [0.1, 0.15) is 11.3 Å². The number of rotatable bonds is 7. The standard InChI is InChI=1S/C24H25N5O4S/c1-16-13-17(2)25-23-22(16)24(27-28(23)3)33-15-21(30)26-18-9-8-12-20(14-18)34(31,32)29(4)19-10-6-5-7-11-19/h5-14H,15H2,1-4H3,(H,26,30). The van der Waals surface area contributed by atoms with Crippen LogP contribution in [0.5, 0.6) is 5.88 Å². The van der Waals surface area contributed by atoms with E-state index in [0.717, 1.165) is 16.6 Å². The van der Waals surface area contributed by atoms with Crippen molar-refractivity contribution in [1.82, 2.24) is 14.8 Å². The Bertz CT molecular complexity index is 1470. The molecule has 0 saturated heterocycles. The maximum atomic E-state index is 13.0. The number of aryl methyl sites for hydroxylation is 3. The minimum Gasteiger partial charge on any atom is -0.466 e. The maximum absolute atomic E-state index is 13.0. The number of fused-ring (bicyclic) bond motifs is 1. The van der Waals surface area contributed by atoms with E-state index in [2.05, 4.69) is 15.4 Å². The lowest BCUT2D eigenvalue weighted by Crippen LogP contribution is -2.26. The Morgan fingerprint density at radius 2 is 1.82 bits per heavy atom. The molecule has 1 N–H and O–H groups in total. The van der Waals surface area contributed by atoms with Crippen LogP contribution in [0.15, 0.2) is 65.6 Å². The molecular formula is C24H25N5O4S. The monoisotopic (exact) mass is 479 g/mol. The number of benzene rings is 2. The summed E-state index contributed by atoms with van der Waals surface area (Å²) in [5.41, 5.74) is 3.37. The number of aromatic nitrogens is 3. The second-order valence-electron chi connectivity index (χ2n) is 7.88. The Kier molecular flexibility index (Phi) is 6.25. The van der Waals surface area contributed by atoms with E-state index in [1.165, 1.54) is 23.5 Å². The molecule has 0 aliphatic rings. The van der Waals surface area contributed by atoms with Crippen LogP contribution in [0.4, 0.5) is 11.4 Å². The van der Waals surface area contributed by atoms with E-state index in [4.69, 9.17) is 4.74 Å². The fraction of sp³-hybridized carbons (Fsp3) is 0.208. The van der Waals surface area contributed by atoms with Gasteiger partial charge in [0.2, 0.25) is 5.88 Å². The number of ether oxygens (including phenoxy) is 1. The van der Waals surface area contributed by atoms with Crippen molar-refractivity contribution in [2.24, 2.45) is 7.05 Å². The first kappa shape index (κ1) is 23.2. The van der Waals surface area contributed by atoms with Gasteiger partial charge in [-0.3, -0.25) is 9.10 Å². The average Bonchev–Trinajstić information content (AvgIpc) is 3.13. The fourth-order valence-corrected chi connectivity index (χ4v) is 4.89. The van der Waals surface area contributed by atoms with Crippen molar-refractivity contribution in [3.8, 4) is 5.88 Å². The van der Waals surface area contributed by atoms with Gasteiger partial charge in [-0.05, 0) is 55.8 Å². The van der Waals surface area contributed by atoms with Crippen molar-refractivity contribution in [2.75, 3.05) is 23.3 Å². The zero-order chi connectivity index (χ0) is 24.5. The summed E-state index contributed by atoms with van der Waals surface area (Å²) < 4.78 is 34.6. The summed E-state index contributed by atoms with van der Waals surface area (Å²) in [4.78, 5) is 17.1. The van der Waals surface area contributed by atoms with E-state index in [1.54, 1.807) is 48.1 Å². The number of nitrogens with one attached hydrogen (secondary N) is 1. The van der Waals surface area contributed by atoms with Gasteiger partial charge in [0.1, 0.15) is 0 Å². The van der Waals surface area contributed by atoms with Gasteiger partial charge in [0.15, 0.2) is 12.3 Å². The van der Waals surface area contributed by atoms with Crippen molar-refractivity contribution >= 4 is 38.3 Å². The highest BCUT2D eigenvalue weighted by Crippen LogP contribution is 2.27. The Labute approximate surface area is 198 Å². The molecule has 9 nitrogen and oxygen atoms in total. The lowest BCUT2D eigenvalue weighted by Gasteiger charge is -2.19. The number of carbonyl (C=O) groups is 1. The molecule has 0 unspecified atom stereocenters. The van der Waals surface area contributed by atoms with Gasteiger partial charge in [-0.1, -0.05) is 24.3 Å². The topological polar surface area (TPSA) is 106 Å². The van der Waals surface area contributed by atoms with Gasteiger partial charge in [0.05, 0.1) is 16.0 Å². The highest BCUT2D eigenvalue weighted by Gasteiger charge is 2.22. The molecule has 10 heteroatoms. The molecule has 0 bridgehead atoms. The Balaban J connectivity index is 1.48. The number of pyridine rings is 1. The summed E-state index contributed by atoms with van der Waals surface area (Å²) in [6.07, 6.45) is 0. The molecule has 0 aliphatic heterocycles. The molecule has 4 aromatic rings. The van der Waals surface area contributed by atoms with Gasteiger partial charge < -0.3 is 10.1 Å². The highest BCUT2D eigenvalue weighted by atomic mass is 32.2. The zero-order valence-corrected chi connectivity index (χ0v) is 20.1. The molecule has 4 rings (SSSR count). The summed E-state index contributed by atoms with van der Waals surface area (Å²) in [6, 6.07) is 16.8. The number of anilines is 2. The maximum Gasteiger partial charge on any atom is 0.264 e. The zero-order valence-electron chi connectivity index (χ0n) is 19.3. The van der Waals surface area contributed by atoms with Crippen LogP contribution in [-0.2, 0) is 21.9 Å². The summed E-state index contributed by atoms with van der Waals surface area (Å²) in [5, 5.41) is 7.77. The fourth-order valence-electron chi connectivity index (χ4n) is 3.65. The molecule has 1 amide bonds. The second-order valence-corrected chi connectivity index (χ2v) is 9.85. The van der Waals surface area contributed by atoms with E-state index in [9.17, 15) is 13.2 Å². The molecule has 0 radical (unpaired) electrons. The van der Waals surface area contributed by atoms with Crippen molar-refractivity contribution in [3.63, 3.8) is 0 Å². The molecule has 2 heterocycles. The third kappa shape index (κ3) is 4.58. The summed E-state index contributed by atoms with van der Waals surface area (Å²) >= 11 is 0. The molecule has 34 heavy (non-hydrogen) atoms. The molecule has 0 aliphatic carbocycles. The molecule has 2 aromatic heterocycles. The van der Waals surface area contributed by atoms with Crippen LogP contribution in [0.2, 0.25) is 0 Å². The molecule has 2 aromatic carbocycles. The van der Waals surface area contributed by atoms with Gasteiger partial charge >= 0.3 is 0 Å². The average molecular weight is 480 g/mol. The van der Waals surface area contributed by atoms with E-state index in [0.29, 0.717) is 22.9 Å². The molecule has 0 saturated carbocycles. The Hall–Kier alpha value is -3.92. The number of hydrogen-bond acceptors (Lipinski definition) is 6. The van der Waals surface area contributed by atoms with Crippen molar-refractivity contribution in [2.45, 2.75) is 18.7 Å². The molecule has 0 spiro atoms. The molecule has 176 valence electrons. The normalized spacial score (nSPS) is 11.4. The molecular weight excluding hydrogens is 454 g/mol. The van der Waals surface area contributed by atoms with E-state index >= 15 is 0 Å². The predicted molar refractivity (Wildman–Crippen MR) is 131 cm³/mol. The molecule has 0 atom stereocenters. The van der Waals surface area contributed by atoms with Crippen molar-refractivity contribution in [1.29, 1.82) is 0 Å². The van der Waals surface area contributed by atoms with Crippen molar-refractivity contribution in [3.05, 3.63) is 71.9 Å². The number of para-hydroxylation sites is 1. The van der Waals surface area contributed by atoms with Crippen LogP contribution in [0.3, 0.4) is 0 Å². The van der Waals surface area contributed by atoms with Crippen LogP contribution < -0.4 is 14.4 Å². The SMILES string of the molecule is Cc1cc(C)c2c(OCC(=O)Nc3cccc(S(=O)(=O)N(C)c4ccccc4)c3)nn(C)c2n1. The first-order valence-electron chi connectivity index (χ1n) is 10.5. The quantitative estimate of drug-likeness (QED) is 0.435. The van der Waals surface area contributed by atoms with E-state index in [1.807, 2.05) is 26.0 Å². The third-order valence-corrected chi connectivity index (χ3v) is 7.10. The largest absolute Gasteiger partial charge is 0.466 e. The van der Waals surface area contributed by atoms with Crippen LogP contribution >= 0.6 is 0 Å². The van der Waals surface area contributed by atoms with Gasteiger partial charge in [-0.25, -0.2) is 18.1 Å². The number of nitrogens with zero attached hydrogens (tertiary/aromatic N) is 4. The van der Waals surface area contributed by atoms with Gasteiger partial charge in [0.25, 0.3) is 15.9 Å². The summed E-state index contributed by atoms with van der Waals surface area (Å²) in [7, 11) is -0.556. The second kappa shape index (κ2) is 9.14. The Morgan fingerprint density at radius 3 is 2.56 bits per heavy atom. The minimum atomic E-state index is -3.80. The number of sulfonamides is 1. The van der Waals surface area contributed by atoms with Gasteiger partial charge in [-0.2, -0.15) is 0 Å². The lowest BCUT2D eigenvalue weighted by molar-refractivity contribution is -0.118. The number of amides is 1. The van der Waals surface area contributed by atoms with Gasteiger partial charge in [-0.15, -0.1) is 5.10 Å². The minimum absolute atomic E-state index is 0.0605. The van der Waals surface area contributed by atoms with Gasteiger partial charge in [0, 0.05) is 25.5 Å². The number of carbonyl (C=O) groups excluding carboxylic acids is 1. The first-order chi connectivity index (χ1) is 16.2. The van der Waals surface area contributed by atoms with Crippen LogP contribution in [0, 0.1) is 13.8 Å². The summed E-state index contributed by atoms with van der Waals surface area (Å²) in [5.74, 6) is -0.124. The number of hydrogen-bond donors (Lipinski definition) is 1. The van der Waals surface area contributed by atoms with Crippen molar-refractivity contribution < 1.29 is 17.9 Å². The third-order valence-electron chi connectivity index (χ3n) is 5.32. The molecule has 0 fully saturated rings. The Morgan fingerprint density at radius 1 is 1.09 bits per heavy atom. The smallest absolute Gasteiger partial charge is 0.264 e. The van der Waals surface area contributed by atoms with E-state index < -0.39 is 15.9 Å². The predicted octanol–water partition coefficient (Wildman–Crippen LogP) is 3.43. The van der Waals surface area contributed by atoms with Crippen LogP contribution in [-0.4, -0.2) is 42.7 Å². The first-order valence-corrected chi connectivity index (χ1v) is 12.0. The lowest BCUT2D eigenvalue weighted by atomic mass is 10.2. The highest BCUT2D eigenvalue weighted by molar-refractivity contribution is 7.92. The summed E-state index contributed by atoms with van der Waals surface area (Å²) in [6.45, 7) is 3.55.